The molecule has 0 aliphatic rings. The van der Waals surface area contributed by atoms with Crippen LogP contribution in [0.4, 0.5) is 5.13 Å². The zero-order chi connectivity index (χ0) is 13.7. The Morgan fingerprint density at radius 1 is 1.42 bits per heavy atom. The van der Waals surface area contributed by atoms with E-state index in [0.29, 0.717) is 11.0 Å². The van der Waals surface area contributed by atoms with Gasteiger partial charge < -0.3 is 10.4 Å². The van der Waals surface area contributed by atoms with E-state index in [1.54, 1.807) is 0 Å². The fourth-order valence-corrected chi connectivity index (χ4v) is 2.48. The zero-order valence-electron chi connectivity index (χ0n) is 10.7. The zero-order valence-corrected chi connectivity index (χ0v) is 11.5. The Bertz CT molecular complexity index is 539. The van der Waals surface area contributed by atoms with Crippen LogP contribution in [0.5, 0.6) is 0 Å². The van der Waals surface area contributed by atoms with E-state index in [1.165, 1.54) is 23.1 Å². The van der Waals surface area contributed by atoms with Gasteiger partial charge >= 0.3 is 5.97 Å². The van der Waals surface area contributed by atoms with Gasteiger partial charge in [-0.1, -0.05) is 48.6 Å². The molecule has 2 N–H and O–H groups in total. The molecule has 0 amide bonds. The van der Waals surface area contributed by atoms with Gasteiger partial charge in [0.15, 0.2) is 5.13 Å². The van der Waals surface area contributed by atoms with Crippen molar-refractivity contribution in [1.29, 1.82) is 0 Å². The lowest BCUT2D eigenvalue weighted by atomic mass is 9.98. The minimum atomic E-state index is -0.928. The van der Waals surface area contributed by atoms with Gasteiger partial charge in [-0.2, -0.15) is 0 Å². The summed E-state index contributed by atoms with van der Waals surface area (Å²) in [5.41, 5.74) is 1.31. The maximum atomic E-state index is 10.7. The van der Waals surface area contributed by atoms with Crippen molar-refractivity contribution in [1.82, 2.24) is 4.98 Å². The summed E-state index contributed by atoms with van der Waals surface area (Å²) in [7, 11) is 0. The van der Waals surface area contributed by atoms with Crippen molar-refractivity contribution < 1.29 is 9.90 Å². The Hall–Kier alpha value is -1.88. The van der Waals surface area contributed by atoms with Crippen LogP contribution in [0.1, 0.15) is 34.5 Å². The molecular formula is C14H16N2O2S. The lowest BCUT2D eigenvalue weighted by molar-refractivity contribution is 0.0702. The van der Waals surface area contributed by atoms with Gasteiger partial charge in [0, 0.05) is 6.54 Å². The van der Waals surface area contributed by atoms with Crippen LogP contribution in [0.25, 0.3) is 0 Å². The number of aromatic nitrogens is 1. The van der Waals surface area contributed by atoms with Crippen molar-refractivity contribution >= 4 is 22.4 Å². The van der Waals surface area contributed by atoms with E-state index >= 15 is 0 Å². The van der Waals surface area contributed by atoms with Crippen molar-refractivity contribution in [2.24, 2.45) is 0 Å². The van der Waals surface area contributed by atoms with Crippen molar-refractivity contribution in [2.75, 3.05) is 11.9 Å². The van der Waals surface area contributed by atoms with Crippen LogP contribution in [0.3, 0.4) is 0 Å². The summed E-state index contributed by atoms with van der Waals surface area (Å²) in [6.45, 7) is 2.96. The third kappa shape index (κ3) is 3.79. The average molecular weight is 276 g/mol. The Kier molecular flexibility index (Phi) is 4.52. The molecule has 2 rings (SSSR count). The molecule has 0 bridgehead atoms. The van der Waals surface area contributed by atoms with Crippen LogP contribution in [-0.4, -0.2) is 22.6 Å². The molecule has 1 unspecified atom stereocenters. The second kappa shape index (κ2) is 6.33. The fourth-order valence-electron chi connectivity index (χ4n) is 1.80. The molecule has 1 heterocycles. The van der Waals surface area contributed by atoms with Crippen molar-refractivity contribution in [3.8, 4) is 0 Å². The molecule has 100 valence electrons. The largest absolute Gasteiger partial charge is 0.477 e. The van der Waals surface area contributed by atoms with Crippen LogP contribution in [-0.2, 0) is 0 Å². The van der Waals surface area contributed by atoms with E-state index in [0.717, 1.165) is 13.0 Å². The standard InChI is InChI=1S/C14H16N2O2S/c1-10(11-5-3-2-4-6-11)7-8-15-14-16-9-12(19-14)13(17)18/h2-6,9-10H,7-8H2,1H3,(H,15,16)(H,17,18). The van der Waals surface area contributed by atoms with Crippen LogP contribution in [0, 0.1) is 0 Å². The Balaban J connectivity index is 1.81. The van der Waals surface area contributed by atoms with E-state index in [1.807, 2.05) is 18.2 Å². The molecule has 1 aromatic heterocycles. The first-order chi connectivity index (χ1) is 9.16. The van der Waals surface area contributed by atoms with Gasteiger partial charge in [-0.05, 0) is 17.9 Å². The number of anilines is 1. The summed E-state index contributed by atoms with van der Waals surface area (Å²) in [4.78, 5) is 15.0. The van der Waals surface area contributed by atoms with Gasteiger partial charge in [-0.25, -0.2) is 9.78 Å². The number of benzene rings is 1. The van der Waals surface area contributed by atoms with E-state index in [4.69, 9.17) is 5.11 Å². The molecule has 19 heavy (non-hydrogen) atoms. The predicted molar refractivity (Wildman–Crippen MR) is 77.0 cm³/mol. The normalized spacial score (nSPS) is 12.1. The maximum Gasteiger partial charge on any atom is 0.347 e. The van der Waals surface area contributed by atoms with Crippen molar-refractivity contribution in [2.45, 2.75) is 19.3 Å². The van der Waals surface area contributed by atoms with Gasteiger partial charge in [-0.3, -0.25) is 0 Å². The average Bonchev–Trinajstić information content (AvgIpc) is 2.89. The third-order valence-electron chi connectivity index (χ3n) is 2.94. The molecule has 4 nitrogen and oxygen atoms in total. The number of carboxylic acids is 1. The first-order valence-electron chi connectivity index (χ1n) is 6.14. The van der Waals surface area contributed by atoms with Crippen LogP contribution in [0.15, 0.2) is 36.5 Å². The SMILES string of the molecule is CC(CCNc1ncc(C(=O)O)s1)c1ccccc1. The molecular weight excluding hydrogens is 260 g/mol. The number of rotatable bonds is 6. The Labute approximate surface area is 116 Å². The van der Waals surface area contributed by atoms with E-state index in [9.17, 15) is 4.79 Å². The monoisotopic (exact) mass is 276 g/mol. The van der Waals surface area contributed by atoms with E-state index < -0.39 is 5.97 Å². The second-order valence-electron chi connectivity index (χ2n) is 4.36. The van der Waals surface area contributed by atoms with Gasteiger partial charge in [0.25, 0.3) is 0 Å². The van der Waals surface area contributed by atoms with Gasteiger partial charge in [0.05, 0.1) is 6.20 Å². The highest BCUT2D eigenvalue weighted by atomic mass is 32.1. The minimum Gasteiger partial charge on any atom is -0.477 e. The summed E-state index contributed by atoms with van der Waals surface area (Å²) in [5, 5.41) is 12.6. The first kappa shape index (κ1) is 13.5. The highest BCUT2D eigenvalue weighted by molar-refractivity contribution is 7.17. The molecule has 0 fully saturated rings. The van der Waals surface area contributed by atoms with Crippen LogP contribution in [0.2, 0.25) is 0 Å². The van der Waals surface area contributed by atoms with Gasteiger partial charge in [-0.15, -0.1) is 0 Å². The Morgan fingerprint density at radius 2 is 2.16 bits per heavy atom. The highest BCUT2D eigenvalue weighted by Gasteiger charge is 2.09. The summed E-state index contributed by atoms with van der Waals surface area (Å²) >= 11 is 1.17. The summed E-state index contributed by atoms with van der Waals surface area (Å²) in [5.74, 6) is -0.462. The van der Waals surface area contributed by atoms with Gasteiger partial charge in [0.2, 0.25) is 0 Å². The van der Waals surface area contributed by atoms with E-state index in [-0.39, 0.29) is 4.88 Å². The number of hydrogen-bond acceptors (Lipinski definition) is 4. The van der Waals surface area contributed by atoms with Crippen molar-refractivity contribution in [3.63, 3.8) is 0 Å². The molecule has 2 aromatic rings. The third-order valence-corrected chi connectivity index (χ3v) is 3.88. The fraction of sp³-hybridized carbons (Fsp3) is 0.286. The number of aromatic carboxylic acids is 1. The van der Waals surface area contributed by atoms with E-state index in [2.05, 4.69) is 29.4 Å². The maximum absolute atomic E-state index is 10.7. The topological polar surface area (TPSA) is 62.2 Å². The molecule has 1 atom stereocenters. The van der Waals surface area contributed by atoms with Crippen LogP contribution < -0.4 is 5.32 Å². The number of carbonyl (C=O) groups is 1. The number of nitrogens with zero attached hydrogens (tertiary/aromatic N) is 1. The molecule has 0 aliphatic heterocycles. The summed E-state index contributed by atoms with van der Waals surface area (Å²) in [6.07, 6.45) is 2.36. The molecule has 0 aliphatic carbocycles. The molecule has 1 aromatic carbocycles. The molecule has 5 heteroatoms. The Morgan fingerprint density at radius 3 is 2.79 bits per heavy atom. The summed E-state index contributed by atoms with van der Waals surface area (Å²) in [6, 6.07) is 10.3. The number of carboxylic acid groups (broad SMARTS) is 1. The molecule has 0 saturated carbocycles. The molecule has 0 radical (unpaired) electrons. The lowest BCUT2D eigenvalue weighted by Gasteiger charge is -2.11. The van der Waals surface area contributed by atoms with Crippen molar-refractivity contribution in [3.05, 3.63) is 47.0 Å². The minimum absolute atomic E-state index is 0.263. The number of thiazole rings is 1. The van der Waals surface area contributed by atoms with Gasteiger partial charge in [0.1, 0.15) is 4.88 Å². The molecule has 0 spiro atoms. The second-order valence-corrected chi connectivity index (χ2v) is 5.39. The summed E-state index contributed by atoms with van der Waals surface area (Å²) < 4.78 is 0. The highest BCUT2D eigenvalue weighted by Crippen LogP contribution is 2.21. The lowest BCUT2D eigenvalue weighted by Crippen LogP contribution is -2.05. The number of nitrogens with one attached hydrogen (secondary N) is 1. The first-order valence-corrected chi connectivity index (χ1v) is 6.96. The number of hydrogen-bond donors (Lipinski definition) is 2. The predicted octanol–water partition coefficient (Wildman–Crippen LogP) is 3.45. The molecule has 0 saturated heterocycles. The smallest absolute Gasteiger partial charge is 0.347 e. The quantitative estimate of drug-likeness (QED) is 0.848. The van der Waals surface area contributed by atoms with Crippen LogP contribution >= 0.6 is 11.3 Å².